The highest BCUT2D eigenvalue weighted by Gasteiger charge is 2.72. The first-order chi connectivity index (χ1) is 16.7. The standard InChI is InChI=1S/C27H35N3O4S/c1-26(2,3)29-24(32)22-27-13-11-19(34-27)20(23(31)28-16-18-10-7-15-35-18)21(27)25(33)30(22)14-12-17-8-5-4-6-9-17/h7-8,10-11,13,15,19-22H,4-6,9,12,14,16H2,1-3H3,(H,28,31)(H,29,32)/t19-,20+,21+,22+,27+/m1/s1. The summed E-state index contributed by atoms with van der Waals surface area (Å²) < 4.78 is 6.39. The van der Waals surface area contributed by atoms with E-state index in [0.717, 1.165) is 24.1 Å². The molecule has 2 fully saturated rings. The van der Waals surface area contributed by atoms with Crippen molar-refractivity contribution in [2.24, 2.45) is 11.8 Å². The van der Waals surface area contributed by atoms with E-state index < -0.39 is 35.1 Å². The van der Waals surface area contributed by atoms with Gasteiger partial charge >= 0.3 is 0 Å². The van der Waals surface area contributed by atoms with Gasteiger partial charge in [0.1, 0.15) is 11.6 Å². The van der Waals surface area contributed by atoms with Crippen LogP contribution < -0.4 is 10.6 Å². The van der Waals surface area contributed by atoms with Crippen LogP contribution in [0.3, 0.4) is 0 Å². The van der Waals surface area contributed by atoms with Gasteiger partial charge in [-0.1, -0.05) is 29.9 Å². The lowest BCUT2D eigenvalue weighted by atomic mass is 9.74. The van der Waals surface area contributed by atoms with Gasteiger partial charge in [-0.05, 0) is 64.3 Å². The Bertz CT molecular complexity index is 1060. The molecule has 7 nitrogen and oxygen atoms in total. The third-order valence-corrected chi connectivity index (χ3v) is 8.38. The SMILES string of the molecule is CC(C)(C)NC(=O)[C@@H]1N(CCC2=CCCCC2)C(=O)[C@@H]2[C@@H](C(=O)NCc3cccs3)[C@H]3C=C[C@]21O3. The van der Waals surface area contributed by atoms with Crippen LogP contribution in [0.1, 0.15) is 57.8 Å². The second kappa shape index (κ2) is 9.21. The number of carbonyl (C=O) groups is 3. The summed E-state index contributed by atoms with van der Waals surface area (Å²) in [5, 5.41) is 8.04. The summed E-state index contributed by atoms with van der Waals surface area (Å²) in [6, 6.07) is 3.13. The molecule has 5 atom stereocenters. The van der Waals surface area contributed by atoms with Crippen LogP contribution in [0.5, 0.6) is 0 Å². The van der Waals surface area contributed by atoms with E-state index in [-0.39, 0.29) is 17.7 Å². The Kier molecular flexibility index (Phi) is 6.38. The molecule has 188 valence electrons. The van der Waals surface area contributed by atoms with Gasteiger partial charge in [-0.2, -0.15) is 0 Å². The number of likely N-dealkylation sites (tertiary alicyclic amines) is 1. The quantitative estimate of drug-likeness (QED) is 0.566. The number of fused-ring (bicyclic) bond motifs is 1. The maximum atomic E-state index is 13.9. The number of allylic oxidation sites excluding steroid dienone is 1. The van der Waals surface area contributed by atoms with E-state index in [1.165, 1.54) is 18.4 Å². The van der Waals surface area contributed by atoms with E-state index in [4.69, 9.17) is 4.74 Å². The molecule has 0 radical (unpaired) electrons. The second-order valence-electron chi connectivity index (χ2n) is 11.1. The average molecular weight is 498 g/mol. The molecule has 5 rings (SSSR count). The van der Waals surface area contributed by atoms with Crippen LogP contribution >= 0.6 is 11.3 Å². The summed E-state index contributed by atoms with van der Waals surface area (Å²) in [6.07, 6.45) is 10.7. The lowest BCUT2D eigenvalue weighted by Crippen LogP contribution is -2.58. The van der Waals surface area contributed by atoms with Crippen LogP contribution in [0, 0.1) is 11.8 Å². The molecule has 3 amide bonds. The fourth-order valence-corrected chi connectivity index (χ4v) is 6.69. The predicted octanol–water partition coefficient (Wildman–Crippen LogP) is 3.32. The van der Waals surface area contributed by atoms with Gasteiger partial charge in [0.2, 0.25) is 17.7 Å². The highest BCUT2D eigenvalue weighted by Crippen LogP contribution is 2.55. The number of nitrogens with one attached hydrogen (secondary N) is 2. The molecule has 0 saturated carbocycles. The average Bonchev–Trinajstić information content (AvgIpc) is 3.57. The number of thiophene rings is 1. The number of ether oxygens (including phenoxy) is 1. The minimum absolute atomic E-state index is 0.154. The van der Waals surface area contributed by atoms with Gasteiger partial charge in [0.05, 0.1) is 24.5 Å². The normalized spacial score (nSPS) is 31.5. The molecule has 1 aromatic rings. The van der Waals surface area contributed by atoms with Gasteiger partial charge in [0.15, 0.2) is 0 Å². The smallest absolute Gasteiger partial charge is 0.246 e. The first-order valence-electron chi connectivity index (χ1n) is 12.7. The number of rotatable bonds is 7. The predicted molar refractivity (Wildman–Crippen MR) is 134 cm³/mol. The van der Waals surface area contributed by atoms with Gasteiger partial charge in [-0.3, -0.25) is 14.4 Å². The van der Waals surface area contributed by atoms with Gasteiger partial charge in [0, 0.05) is 17.0 Å². The summed E-state index contributed by atoms with van der Waals surface area (Å²) in [5.74, 6) is -1.91. The number of nitrogens with zero attached hydrogens (tertiary/aromatic N) is 1. The van der Waals surface area contributed by atoms with Crippen molar-refractivity contribution in [1.29, 1.82) is 0 Å². The number of amides is 3. The monoisotopic (exact) mass is 497 g/mol. The van der Waals surface area contributed by atoms with Crippen molar-refractivity contribution in [3.8, 4) is 0 Å². The molecule has 3 aliphatic heterocycles. The summed E-state index contributed by atoms with van der Waals surface area (Å²) in [5.41, 5.74) is -0.215. The van der Waals surface area contributed by atoms with E-state index in [2.05, 4.69) is 16.7 Å². The fraction of sp³-hybridized carbons (Fsp3) is 0.593. The molecular formula is C27H35N3O4S. The van der Waals surface area contributed by atoms with Crippen LogP contribution in [-0.4, -0.2) is 52.5 Å². The zero-order valence-electron chi connectivity index (χ0n) is 20.7. The summed E-state index contributed by atoms with van der Waals surface area (Å²) >= 11 is 1.58. The van der Waals surface area contributed by atoms with Crippen molar-refractivity contribution in [3.63, 3.8) is 0 Å². The Morgan fingerprint density at radius 1 is 1.26 bits per heavy atom. The molecule has 1 spiro atoms. The molecule has 2 N–H and O–H groups in total. The molecule has 4 aliphatic rings. The Hall–Kier alpha value is -2.45. The largest absolute Gasteiger partial charge is 0.359 e. The van der Waals surface area contributed by atoms with Crippen molar-refractivity contribution < 1.29 is 19.1 Å². The van der Waals surface area contributed by atoms with Gasteiger partial charge in [0.25, 0.3) is 0 Å². The highest BCUT2D eigenvalue weighted by atomic mass is 32.1. The third kappa shape index (κ3) is 4.47. The lowest BCUT2D eigenvalue weighted by Gasteiger charge is -2.34. The maximum absolute atomic E-state index is 13.9. The van der Waals surface area contributed by atoms with Crippen LogP contribution in [0.2, 0.25) is 0 Å². The van der Waals surface area contributed by atoms with Crippen molar-refractivity contribution in [2.45, 2.75) is 82.7 Å². The lowest BCUT2D eigenvalue weighted by molar-refractivity contribution is -0.142. The minimum atomic E-state index is -1.11. The van der Waals surface area contributed by atoms with Gasteiger partial charge in [-0.25, -0.2) is 0 Å². The molecule has 1 aromatic heterocycles. The van der Waals surface area contributed by atoms with Crippen molar-refractivity contribution >= 4 is 29.1 Å². The maximum Gasteiger partial charge on any atom is 0.246 e. The van der Waals surface area contributed by atoms with Gasteiger partial charge < -0.3 is 20.3 Å². The number of hydrogen-bond donors (Lipinski definition) is 2. The topological polar surface area (TPSA) is 87.7 Å². The molecule has 0 aromatic carbocycles. The third-order valence-electron chi connectivity index (χ3n) is 7.50. The minimum Gasteiger partial charge on any atom is -0.359 e. The van der Waals surface area contributed by atoms with Crippen molar-refractivity contribution in [3.05, 3.63) is 46.2 Å². The summed E-state index contributed by atoms with van der Waals surface area (Å²) in [7, 11) is 0. The van der Waals surface area contributed by atoms with E-state index in [1.54, 1.807) is 16.2 Å². The van der Waals surface area contributed by atoms with Crippen LogP contribution in [-0.2, 0) is 25.7 Å². The Morgan fingerprint density at radius 3 is 2.77 bits per heavy atom. The van der Waals surface area contributed by atoms with Crippen LogP contribution in [0.15, 0.2) is 41.3 Å². The zero-order valence-corrected chi connectivity index (χ0v) is 21.5. The summed E-state index contributed by atoms with van der Waals surface area (Å²) in [6.45, 7) is 6.66. The Morgan fingerprint density at radius 2 is 2.09 bits per heavy atom. The van der Waals surface area contributed by atoms with E-state index in [1.807, 2.05) is 50.4 Å². The first-order valence-corrected chi connectivity index (χ1v) is 13.6. The van der Waals surface area contributed by atoms with Crippen LogP contribution in [0.4, 0.5) is 0 Å². The van der Waals surface area contributed by atoms with E-state index >= 15 is 0 Å². The van der Waals surface area contributed by atoms with E-state index in [0.29, 0.717) is 13.1 Å². The first kappa shape index (κ1) is 24.3. The van der Waals surface area contributed by atoms with Crippen LogP contribution in [0.25, 0.3) is 0 Å². The number of carbonyl (C=O) groups excluding carboxylic acids is 3. The molecule has 2 saturated heterocycles. The molecule has 1 aliphatic carbocycles. The van der Waals surface area contributed by atoms with Gasteiger partial charge in [-0.15, -0.1) is 11.3 Å². The molecule has 8 heteroatoms. The fourth-order valence-electron chi connectivity index (χ4n) is 6.05. The van der Waals surface area contributed by atoms with Crippen molar-refractivity contribution in [2.75, 3.05) is 6.54 Å². The second-order valence-corrected chi connectivity index (χ2v) is 12.2. The molecule has 4 heterocycles. The molecule has 0 unspecified atom stereocenters. The molecule has 2 bridgehead atoms. The molecular weight excluding hydrogens is 462 g/mol. The Balaban J connectivity index is 1.41. The summed E-state index contributed by atoms with van der Waals surface area (Å²) in [4.78, 5) is 43.6. The number of hydrogen-bond acceptors (Lipinski definition) is 5. The Labute approximate surface area is 211 Å². The highest BCUT2D eigenvalue weighted by molar-refractivity contribution is 7.09. The van der Waals surface area contributed by atoms with Crippen molar-refractivity contribution in [1.82, 2.24) is 15.5 Å². The zero-order chi connectivity index (χ0) is 24.8. The van der Waals surface area contributed by atoms with E-state index in [9.17, 15) is 14.4 Å². The molecule has 35 heavy (non-hydrogen) atoms.